The number of hydrogen-bond acceptors (Lipinski definition) is 12. The van der Waals surface area contributed by atoms with Crippen molar-refractivity contribution in [3.63, 3.8) is 0 Å². The van der Waals surface area contributed by atoms with Gasteiger partial charge in [-0.3, -0.25) is 24.0 Å². The molecule has 1 fully saturated rings. The lowest BCUT2D eigenvalue weighted by Crippen LogP contribution is -2.66. The Morgan fingerprint density at radius 2 is 1.40 bits per heavy atom. The summed E-state index contributed by atoms with van der Waals surface area (Å²) in [6.45, 7) is 10.6. The molecule has 15 nitrogen and oxygen atoms in total. The number of hydrogen-bond donors (Lipinski definition) is 3. The quantitative estimate of drug-likeness (QED) is 0.136. The maximum absolute atomic E-state index is 12.1. The van der Waals surface area contributed by atoms with Crippen LogP contribution in [0.5, 0.6) is 0 Å². The molecule has 1 saturated heterocycles. The number of ether oxygens (including phenoxy) is 6. The number of nitrogens with one attached hydrogen (secondary N) is 3. The summed E-state index contributed by atoms with van der Waals surface area (Å²) in [6, 6.07) is -1.05. The molecule has 0 saturated carbocycles. The van der Waals surface area contributed by atoms with Crippen molar-refractivity contribution < 1.29 is 57.2 Å². The van der Waals surface area contributed by atoms with E-state index in [9.17, 15) is 28.8 Å². The highest BCUT2D eigenvalue weighted by Gasteiger charge is 2.51. The van der Waals surface area contributed by atoms with Crippen LogP contribution in [0.3, 0.4) is 0 Å². The molecule has 1 aliphatic heterocycles. The number of amides is 3. The topological polar surface area (TPSA) is 194 Å². The Kier molecular flexibility index (Phi) is 15.8. The van der Waals surface area contributed by atoms with Gasteiger partial charge in [0.25, 0.3) is 0 Å². The standard InChI is InChI=1S/C27H45N3O12/c1-16(31)30-22-24(40-19(4)34)23(39-18(3)33)20(15-38-17(2)32)41-25(22)37-14-9-8-11-21(35)28-12-10-13-29-26(36)42-27(5,6)7/h20,22-25H,8-15H2,1-7H3,(H,28,35)(H,29,36)(H,30,31). The maximum atomic E-state index is 12.1. The van der Waals surface area contributed by atoms with Gasteiger partial charge in [0.15, 0.2) is 18.5 Å². The lowest BCUT2D eigenvalue weighted by atomic mass is 9.96. The highest BCUT2D eigenvalue weighted by molar-refractivity contribution is 5.75. The molecule has 1 rings (SSSR count). The van der Waals surface area contributed by atoms with Crippen molar-refractivity contribution in [2.75, 3.05) is 26.3 Å². The summed E-state index contributed by atoms with van der Waals surface area (Å²) in [5, 5.41) is 8.01. The van der Waals surface area contributed by atoms with Gasteiger partial charge in [0.1, 0.15) is 24.4 Å². The number of unbranched alkanes of at least 4 members (excludes halogenated alkanes) is 1. The fourth-order valence-electron chi connectivity index (χ4n) is 3.93. The summed E-state index contributed by atoms with van der Waals surface area (Å²) in [4.78, 5) is 70.9. The predicted molar refractivity (Wildman–Crippen MR) is 146 cm³/mol. The van der Waals surface area contributed by atoms with Crippen molar-refractivity contribution >= 4 is 35.8 Å². The third-order valence-corrected chi connectivity index (χ3v) is 5.50. The van der Waals surface area contributed by atoms with Gasteiger partial charge in [-0.05, 0) is 40.0 Å². The van der Waals surface area contributed by atoms with Crippen molar-refractivity contribution in [3.8, 4) is 0 Å². The van der Waals surface area contributed by atoms with Crippen molar-refractivity contribution in [1.82, 2.24) is 16.0 Å². The van der Waals surface area contributed by atoms with Crippen LogP contribution in [0.4, 0.5) is 4.79 Å². The molecule has 0 aromatic heterocycles. The van der Waals surface area contributed by atoms with Gasteiger partial charge in [-0.15, -0.1) is 0 Å². The molecule has 0 aromatic carbocycles. The smallest absolute Gasteiger partial charge is 0.407 e. The van der Waals surface area contributed by atoms with Crippen LogP contribution in [-0.4, -0.2) is 98.4 Å². The largest absolute Gasteiger partial charge is 0.463 e. The highest BCUT2D eigenvalue weighted by Crippen LogP contribution is 2.28. The minimum atomic E-state index is -1.20. The first-order valence-corrected chi connectivity index (χ1v) is 13.8. The molecule has 0 aliphatic carbocycles. The second-order valence-electron chi connectivity index (χ2n) is 10.7. The van der Waals surface area contributed by atoms with Gasteiger partial charge >= 0.3 is 24.0 Å². The molecule has 1 aliphatic rings. The first kappa shape index (κ1) is 36.6. The number of esters is 3. The zero-order valence-corrected chi connectivity index (χ0v) is 25.4. The molecular weight excluding hydrogens is 558 g/mol. The van der Waals surface area contributed by atoms with Crippen molar-refractivity contribution in [1.29, 1.82) is 0 Å². The SMILES string of the molecule is CC(=O)NC1C(OCCCCC(=O)NCCCNC(=O)OC(C)(C)C)OC(COC(C)=O)C(OC(C)=O)C1OC(C)=O. The summed E-state index contributed by atoms with van der Waals surface area (Å²) in [5.41, 5.74) is -0.585. The fourth-order valence-corrected chi connectivity index (χ4v) is 3.93. The van der Waals surface area contributed by atoms with E-state index in [4.69, 9.17) is 28.4 Å². The van der Waals surface area contributed by atoms with Crippen LogP contribution in [0.25, 0.3) is 0 Å². The van der Waals surface area contributed by atoms with Gasteiger partial charge in [-0.1, -0.05) is 0 Å². The Hall–Kier alpha value is -3.46. The van der Waals surface area contributed by atoms with Gasteiger partial charge in [0.05, 0.1) is 0 Å². The Morgan fingerprint density at radius 1 is 0.786 bits per heavy atom. The third kappa shape index (κ3) is 15.5. The molecule has 0 bridgehead atoms. The number of carbonyl (C=O) groups excluding carboxylic acids is 6. The van der Waals surface area contributed by atoms with Crippen molar-refractivity contribution in [2.24, 2.45) is 0 Å². The van der Waals surface area contributed by atoms with Gasteiger partial charge < -0.3 is 44.4 Å². The van der Waals surface area contributed by atoms with E-state index in [1.807, 2.05) is 0 Å². The van der Waals surface area contributed by atoms with E-state index in [0.717, 1.165) is 13.8 Å². The summed E-state index contributed by atoms with van der Waals surface area (Å²) in [7, 11) is 0. The van der Waals surface area contributed by atoms with E-state index in [2.05, 4.69) is 16.0 Å². The molecule has 240 valence electrons. The Labute approximate surface area is 246 Å². The summed E-state index contributed by atoms with van der Waals surface area (Å²) in [5.74, 6) is -2.66. The van der Waals surface area contributed by atoms with Crippen LogP contribution >= 0.6 is 0 Å². The van der Waals surface area contributed by atoms with Crippen molar-refractivity contribution in [3.05, 3.63) is 0 Å². The van der Waals surface area contributed by atoms with Crippen molar-refractivity contribution in [2.45, 2.75) is 110 Å². The molecule has 15 heteroatoms. The average Bonchev–Trinajstić information content (AvgIpc) is 2.83. The van der Waals surface area contributed by atoms with E-state index in [0.29, 0.717) is 32.4 Å². The zero-order chi connectivity index (χ0) is 31.9. The lowest BCUT2D eigenvalue weighted by Gasteiger charge is -2.44. The second kappa shape index (κ2) is 18.2. The van der Waals surface area contributed by atoms with E-state index in [1.54, 1.807) is 20.8 Å². The van der Waals surface area contributed by atoms with E-state index >= 15 is 0 Å². The first-order chi connectivity index (χ1) is 19.6. The monoisotopic (exact) mass is 603 g/mol. The molecule has 0 radical (unpaired) electrons. The Bertz CT molecular complexity index is 936. The number of carbonyl (C=O) groups is 6. The minimum absolute atomic E-state index is 0.110. The van der Waals surface area contributed by atoms with Crippen LogP contribution in [0.1, 0.15) is 74.1 Å². The summed E-state index contributed by atoms with van der Waals surface area (Å²) >= 11 is 0. The highest BCUT2D eigenvalue weighted by atomic mass is 16.7. The molecule has 5 atom stereocenters. The molecule has 0 aromatic rings. The van der Waals surface area contributed by atoms with Gasteiger partial charge in [-0.2, -0.15) is 0 Å². The molecular formula is C27H45N3O12. The second-order valence-corrected chi connectivity index (χ2v) is 10.7. The Balaban J connectivity index is 2.66. The molecule has 5 unspecified atom stereocenters. The van der Waals surface area contributed by atoms with Gasteiger partial charge in [0.2, 0.25) is 11.8 Å². The molecule has 3 N–H and O–H groups in total. The van der Waals surface area contributed by atoms with Crippen LogP contribution < -0.4 is 16.0 Å². The molecule has 1 heterocycles. The normalized spacial score (nSPS) is 21.8. The maximum Gasteiger partial charge on any atom is 0.407 e. The lowest BCUT2D eigenvalue weighted by molar-refractivity contribution is -0.277. The molecule has 42 heavy (non-hydrogen) atoms. The fraction of sp³-hybridized carbons (Fsp3) is 0.778. The zero-order valence-electron chi connectivity index (χ0n) is 25.4. The van der Waals surface area contributed by atoms with E-state index in [-0.39, 0.29) is 25.5 Å². The van der Waals surface area contributed by atoms with E-state index in [1.165, 1.54) is 13.8 Å². The third-order valence-electron chi connectivity index (χ3n) is 5.50. The van der Waals surface area contributed by atoms with Gasteiger partial charge in [-0.25, -0.2) is 4.79 Å². The van der Waals surface area contributed by atoms with Crippen LogP contribution in [0.2, 0.25) is 0 Å². The Morgan fingerprint density at radius 3 is 1.98 bits per heavy atom. The predicted octanol–water partition coefficient (Wildman–Crippen LogP) is 0.860. The molecule has 0 spiro atoms. The summed E-state index contributed by atoms with van der Waals surface area (Å²) in [6.07, 6.45) is -3.47. The van der Waals surface area contributed by atoms with Gasteiger partial charge in [0, 0.05) is 53.8 Å². The number of rotatable bonds is 15. The molecule has 3 amide bonds. The summed E-state index contributed by atoms with van der Waals surface area (Å²) < 4.78 is 32.7. The average molecular weight is 604 g/mol. The number of alkyl carbamates (subject to hydrolysis) is 1. The van der Waals surface area contributed by atoms with Crippen LogP contribution in [0.15, 0.2) is 0 Å². The van der Waals surface area contributed by atoms with E-state index < -0.39 is 66.2 Å². The minimum Gasteiger partial charge on any atom is -0.463 e. The first-order valence-electron chi connectivity index (χ1n) is 13.8. The van der Waals surface area contributed by atoms with Crippen LogP contribution in [-0.2, 0) is 52.4 Å². The van der Waals surface area contributed by atoms with Crippen LogP contribution in [0, 0.1) is 0 Å².